The molecule has 6 heteroatoms. The average molecular weight is 342 g/mol. The lowest BCUT2D eigenvalue weighted by atomic mass is 9.79. The van der Waals surface area contributed by atoms with Crippen molar-refractivity contribution in [2.75, 3.05) is 13.6 Å². The standard InChI is InChI=1S/C19H19FN2O3/c1-22-10-14(12-8-5-9-13(16(12)20)19(24)25)15(17(22)18(21)23)11-6-3-2-4-7-11/h2-9,14-15,17H,10H2,1H3,(H2,21,23)(H,24,25)/t14?,15-,17+/m1/s1. The molecule has 3 atom stereocenters. The van der Waals surface area contributed by atoms with E-state index in [9.17, 15) is 19.1 Å². The molecule has 1 unspecified atom stereocenters. The fourth-order valence-electron chi connectivity index (χ4n) is 3.81. The molecule has 0 aliphatic carbocycles. The van der Waals surface area contributed by atoms with Crippen molar-refractivity contribution in [3.8, 4) is 0 Å². The van der Waals surface area contributed by atoms with E-state index in [1.165, 1.54) is 12.1 Å². The van der Waals surface area contributed by atoms with Gasteiger partial charge >= 0.3 is 5.97 Å². The second-order valence-electron chi connectivity index (χ2n) is 6.34. The zero-order chi connectivity index (χ0) is 18.1. The van der Waals surface area contributed by atoms with Crippen LogP contribution >= 0.6 is 0 Å². The lowest BCUT2D eigenvalue weighted by Gasteiger charge is -2.25. The summed E-state index contributed by atoms with van der Waals surface area (Å²) >= 11 is 0. The number of hydrogen-bond donors (Lipinski definition) is 2. The minimum atomic E-state index is -1.31. The van der Waals surface area contributed by atoms with Crippen LogP contribution in [0.25, 0.3) is 0 Å². The van der Waals surface area contributed by atoms with Crippen LogP contribution in [0.4, 0.5) is 4.39 Å². The molecule has 1 saturated heterocycles. The molecule has 5 nitrogen and oxygen atoms in total. The minimum Gasteiger partial charge on any atom is -0.478 e. The summed E-state index contributed by atoms with van der Waals surface area (Å²) in [5, 5.41) is 9.18. The number of aromatic carboxylic acids is 1. The van der Waals surface area contributed by atoms with Gasteiger partial charge in [-0.05, 0) is 24.2 Å². The SMILES string of the molecule is CN1CC(c2cccc(C(=O)O)c2F)[C@@H](c2ccccc2)[C@H]1C(N)=O. The van der Waals surface area contributed by atoms with Gasteiger partial charge in [-0.3, -0.25) is 9.69 Å². The second kappa shape index (κ2) is 6.64. The molecular formula is C19H19FN2O3. The summed E-state index contributed by atoms with van der Waals surface area (Å²) in [5.41, 5.74) is 6.41. The van der Waals surface area contributed by atoms with Gasteiger partial charge in [-0.2, -0.15) is 0 Å². The number of likely N-dealkylation sites (tertiary alicyclic amines) is 1. The van der Waals surface area contributed by atoms with Crippen LogP contribution < -0.4 is 5.73 Å². The van der Waals surface area contributed by atoms with Crippen LogP contribution in [0.15, 0.2) is 48.5 Å². The molecule has 25 heavy (non-hydrogen) atoms. The van der Waals surface area contributed by atoms with Gasteiger partial charge in [0.15, 0.2) is 0 Å². The van der Waals surface area contributed by atoms with E-state index in [-0.39, 0.29) is 17.4 Å². The molecule has 0 radical (unpaired) electrons. The van der Waals surface area contributed by atoms with Crippen molar-refractivity contribution in [2.45, 2.75) is 17.9 Å². The monoisotopic (exact) mass is 342 g/mol. The summed E-state index contributed by atoms with van der Waals surface area (Å²) < 4.78 is 14.8. The van der Waals surface area contributed by atoms with Gasteiger partial charge in [0, 0.05) is 18.4 Å². The maximum atomic E-state index is 14.8. The van der Waals surface area contributed by atoms with Crippen molar-refractivity contribution in [1.29, 1.82) is 0 Å². The largest absolute Gasteiger partial charge is 0.478 e. The van der Waals surface area contributed by atoms with Crippen molar-refractivity contribution < 1.29 is 19.1 Å². The van der Waals surface area contributed by atoms with E-state index in [0.717, 1.165) is 5.56 Å². The number of benzene rings is 2. The molecule has 0 spiro atoms. The van der Waals surface area contributed by atoms with Crippen molar-refractivity contribution in [2.24, 2.45) is 5.73 Å². The number of carbonyl (C=O) groups excluding carboxylic acids is 1. The number of primary amides is 1. The molecular weight excluding hydrogens is 323 g/mol. The van der Waals surface area contributed by atoms with E-state index in [1.54, 1.807) is 18.0 Å². The summed E-state index contributed by atoms with van der Waals surface area (Å²) in [4.78, 5) is 25.1. The summed E-state index contributed by atoms with van der Waals surface area (Å²) in [6.45, 7) is 0.410. The molecule has 0 saturated carbocycles. The highest BCUT2D eigenvalue weighted by atomic mass is 19.1. The van der Waals surface area contributed by atoms with Gasteiger partial charge in [-0.25, -0.2) is 9.18 Å². The Bertz CT molecular complexity index is 810. The van der Waals surface area contributed by atoms with Gasteiger partial charge in [-0.15, -0.1) is 0 Å². The molecule has 2 aromatic rings. The van der Waals surface area contributed by atoms with E-state index in [2.05, 4.69) is 0 Å². The third-order valence-corrected chi connectivity index (χ3v) is 4.87. The van der Waals surface area contributed by atoms with Gasteiger partial charge in [0.05, 0.1) is 11.6 Å². The summed E-state index contributed by atoms with van der Waals surface area (Å²) in [6.07, 6.45) is 0. The smallest absolute Gasteiger partial charge is 0.338 e. The Balaban J connectivity index is 2.13. The van der Waals surface area contributed by atoms with Crippen LogP contribution in [0.1, 0.15) is 33.3 Å². The number of carboxylic acid groups (broad SMARTS) is 1. The Labute approximate surface area is 144 Å². The first-order valence-electron chi connectivity index (χ1n) is 7.98. The third kappa shape index (κ3) is 3.00. The molecule has 130 valence electrons. The number of nitrogens with two attached hydrogens (primary N) is 1. The number of likely N-dealkylation sites (N-methyl/N-ethyl adjacent to an activating group) is 1. The number of amides is 1. The predicted octanol–water partition coefficient (Wildman–Crippen LogP) is 2.19. The predicted molar refractivity (Wildman–Crippen MR) is 90.9 cm³/mol. The molecule has 1 aliphatic heterocycles. The average Bonchev–Trinajstić information content (AvgIpc) is 2.92. The molecule has 3 rings (SSSR count). The first kappa shape index (κ1) is 17.1. The van der Waals surface area contributed by atoms with Crippen LogP contribution in [0, 0.1) is 5.82 Å². The van der Waals surface area contributed by atoms with Crippen LogP contribution in [0.2, 0.25) is 0 Å². The molecule has 1 heterocycles. The molecule has 1 fully saturated rings. The second-order valence-corrected chi connectivity index (χ2v) is 6.34. The maximum absolute atomic E-state index is 14.8. The van der Waals surface area contributed by atoms with E-state index in [0.29, 0.717) is 12.1 Å². The van der Waals surface area contributed by atoms with Gasteiger partial charge < -0.3 is 10.8 Å². The highest BCUT2D eigenvalue weighted by molar-refractivity contribution is 5.88. The van der Waals surface area contributed by atoms with Gasteiger partial charge in [0.2, 0.25) is 5.91 Å². The van der Waals surface area contributed by atoms with E-state index in [4.69, 9.17) is 5.73 Å². The highest BCUT2D eigenvalue weighted by Crippen LogP contribution is 2.44. The number of carboxylic acids is 1. The number of carbonyl (C=O) groups is 2. The molecule has 0 aromatic heterocycles. The fraction of sp³-hybridized carbons (Fsp3) is 0.263. The number of rotatable bonds is 4. The maximum Gasteiger partial charge on any atom is 0.338 e. The summed E-state index contributed by atoms with van der Waals surface area (Å²) in [7, 11) is 1.77. The van der Waals surface area contributed by atoms with E-state index >= 15 is 0 Å². The van der Waals surface area contributed by atoms with Crippen molar-refractivity contribution in [1.82, 2.24) is 4.90 Å². The first-order chi connectivity index (χ1) is 11.9. The minimum absolute atomic E-state index is 0.296. The van der Waals surface area contributed by atoms with Crippen LogP contribution in [-0.2, 0) is 4.79 Å². The molecule has 1 amide bonds. The topological polar surface area (TPSA) is 83.6 Å². The zero-order valence-electron chi connectivity index (χ0n) is 13.7. The Morgan fingerprint density at radius 2 is 1.84 bits per heavy atom. The van der Waals surface area contributed by atoms with Gasteiger partial charge in [0.25, 0.3) is 0 Å². The number of halogens is 1. The van der Waals surface area contributed by atoms with Gasteiger partial charge in [-0.1, -0.05) is 42.5 Å². The lowest BCUT2D eigenvalue weighted by Crippen LogP contribution is -2.41. The third-order valence-electron chi connectivity index (χ3n) is 4.87. The molecule has 0 bridgehead atoms. The Hall–Kier alpha value is -2.73. The van der Waals surface area contributed by atoms with E-state index < -0.39 is 23.7 Å². The normalized spacial score (nSPS) is 23.5. The molecule has 3 N–H and O–H groups in total. The van der Waals surface area contributed by atoms with Crippen LogP contribution in [-0.4, -0.2) is 41.5 Å². The Morgan fingerprint density at radius 1 is 1.16 bits per heavy atom. The summed E-state index contributed by atoms with van der Waals surface area (Å²) in [6, 6.07) is 13.1. The quantitative estimate of drug-likeness (QED) is 0.892. The first-order valence-corrected chi connectivity index (χ1v) is 7.98. The van der Waals surface area contributed by atoms with Crippen molar-refractivity contribution >= 4 is 11.9 Å². The van der Waals surface area contributed by atoms with Crippen LogP contribution in [0.5, 0.6) is 0 Å². The number of nitrogens with zero attached hydrogens (tertiary/aromatic N) is 1. The Kier molecular flexibility index (Phi) is 4.55. The highest BCUT2D eigenvalue weighted by Gasteiger charge is 2.45. The molecule has 1 aliphatic rings. The van der Waals surface area contributed by atoms with Crippen molar-refractivity contribution in [3.63, 3.8) is 0 Å². The fourth-order valence-corrected chi connectivity index (χ4v) is 3.81. The van der Waals surface area contributed by atoms with Gasteiger partial charge in [0.1, 0.15) is 5.82 Å². The number of hydrogen-bond acceptors (Lipinski definition) is 3. The molecule has 2 aromatic carbocycles. The Morgan fingerprint density at radius 3 is 2.44 bits per heavy atom. The van der Waals surface area contributed by atoms with Crippen molar-refractivity contribution in [3.05, 3.63) is 71.0 Å². The summed E-state index contributed by atoms with van der Waals surface area (Å²) in [5.74, 6) is -3.26. The zero-order valence-corrected chi connectivity index (χ0v) is 13.7. The van der Waals surface area contributed by atoms with Crippen LogP contribution in [0.3, 0.4) is 0 Å². The van der Waals surface area contributed by atoms with E-state index in [1.807, 2.05) is 30.3 Å². The lowest BCUT2D eigenvalue weighted by molar-refractivity contribution is -0.122.